The number of rotatable bonds is 3. The molecular weight excluding hydrogens is 302 g/mol. The second-order valence-corrected chi connectivity index (χ2v) is 7.38. The van der Waals surface area contributed by atoms with Gasteiger partial charge in [0.1, 0.15) is 21.4 Å². The Hall–Kier alpha value is -1.40. The highest BCUT2D eigenvalue weighted by Crippen LogP contribution is 2.40. The topological polar surface area (TPSA) is 51.8 Å². The SMILES string of the molecule is Cc1nc(SCc2cc(C)on2)c2c3c(sc2n1)CCC3. The summed E-state index contributed by atoms with van der Waals surface area (Å²) in [6, 6.07) is 1.98. The van der Waals surface area contributed by atoms with Gasteiger partial charge in [-0.3, -0.25) is 0 Å². The summed E-state index contributed by atoms with van der Waals surface area (Å²) >= 11 is 3.58. The highest BCUT2D eigenvalue weighted by molar-refractivity contribution is 7.98. The first-order valence-electron chi connectivity index (χ1n) is 7.04. The fourth-order valence-corrected chi connectivity index (χ4v) is 5.15. The van der Waals surface area contributed by atoms with Gasteiger partial charge in [0, 0.05) is 22.1 Å². The van der Waals surface area contributed by atoms with Gasteiger partial charge in [0.25, 0.3) is 0 Å². The average Bonchev–Trinajstić information content (AvgIpc) is 3.11. The summed E-state index contributed by atoms with van der Waals surface area (Å²) in [5.41, 5.74) is 2.45. The van der Waals surface area contributed by atoms with Gasteiger partial charge >= 0.3 is 0 Å². The van der Waals surface area contributed by atoms with Gasteiger partial charge in [0.2, 0.25) is 0 Å². The molecule has 4 nitrogen and oxygen atoms in total. The third-order valence-corrected chi connectivity index (χ3v) is 5.87. The molecule has 0 saturated heterocycles. The molecule has 0 bridgehead atoms. The van der Waals surface area contributed by atoms with Gasteiger partial charge in [-0.1, -0.05) is 16.9 Å². The van der Waals surface area contributed by atoms with E-state index >= 15 is 0 Å². The largest absolute Gasteiger partial charge is 0.361 e. The molecule has 21 heavy (non-hydrogen) atoms. The van der Waals surface area contributed by atoms with E-state index in [1.807, 2.05) is 31.3 Å². The lowest BCUT2D eigenvalue weighted by Gasteiger charge is -2.04. The van der Waals surface area contributed by atoms with Crippen LogP contribution in [-0.2, 0) is 18.6 Å². The maximum absolute atomic E-state index is 5.13. The summed E-state index contributed by atoms with van der Waals surface area (Å²) in [5, 5.41) is 6.43. The first-order valence-corrected chi connectivity index (χ1v) is 8.85. The quantitative estimate of drug-likeness (QED) is 0.538. The molecule has 0 fully saturated rings. The lowest BCUT2D eigenvalue weighted by molar-refractivity contribution is 0.393. The van der Waals surface area contributed by atoms with Crippen LogP contribution in [0.25, 0.3) is 10.2 Å². The number of nitrogens with zero attached hydrogens (tertiary/aromatic N) is 3. The van der Waals surface area contributed by atoms with Gasteiger partial charge in [0.05, 0.1) is 5.69 Å². The van der Waals surface area contributed by atoms with Crippen LogP contribution >= 0.6 is 23.1 Å². The zero-order valence-corrected chi connectivity index (χ0v) is 13.6. The molecule has 0 aliphatic heterocycles. The normalized spacial score (nSPS) is 14.0. The number of aryl methyl sites for hydroxylation is 4. The van der Waals surface area contributed by atoms with Gasteiger partial charge in [-0.15, -0.1) is 11.3 Å². The standard InChI is InChI=1S/C15H15N3OS2/c1-8-6-10(18-19-8)7-20-14-13-11-4-3-5-12(11)21-15(13)17-9(2)16-14/h6H,3-5,7H2,1-2H3. The van der Waals surface area contributed by atoms with Crippen LogP contribution in [0.15, 0.2) is 15.6 Å². The molecule has 0 radical (unpaired) electrons. The maximum Gasteiger partial charge on any atom is 0.133 e. The van der Waals surface area contributed by atoms with E-state index in [2.05, 4.69) is 15.1 Å². The summed E-state index contributed by atoms with van der Waals surface area (Å²) in [7, 11) is 0. The predicted octanol–water partition coefficient (Wildman–Crippen LogP) is 4.08. The third-order valence-electron chi connectivity index (χ3n) is 3.68. The van der Waals surface area contributed by atoms with Crippen molar-refractivity contribution in [1.82, 2.24) is 15.1 Å². The Labute approximate surface area is 131 Å². The second-order valence-electron chi connectivity index (χ2n) is 5.33. The number of hydrogen-bond acceptors (Lipinski definition) is 6. The fraction of sp³-hybridized carbons (Fsp3) is 0.400. The van der Waals surface area contributed by atoms with E-state index in [0.717, 1.165) is 32.9 Å². The van der Waals surface area contributed by atoms with E-state index in [1.165, 1.54) is 35.1 Å². The molecule has 0 atom stereocenters. The van der Waals surface area contributed by atoms with Crippen LogP contribution in [0.4, 0.5) is 0 Å². The Morgan fingerprint density at radius 1 is 1.29 bits per heavy atom. The van der Waals surface area contributed by atoms with Gasteiger partial charge in [-0.2, -0.15) is 0 Å². The summed E-state index contributed by atoms with van der Waals surface area (Å²) in [5.74, 6) is 2.49. The van der Waals surface area contributed by atoms with Crippen LogP contribution in [0.2, 0.25) is 0 Å². The van der Waals surface area contributed by atoms with Crippen molar-refractivity contribution in [2.24, 2.45) is 0 Å². The molecule has 3 heterocycles. The number of thioether (sulfide) groups is 1. The van der Waals surface area contributed by atoms with Crippen LogP contribution in [0.1, 0.15) is 34.1 Å². The van der Waals surface area contributed by atoms with Crippen molar-refractivity contribution in [3.63, 3.8) is 0 Å². The van der Waals surface area contributed by atoms with Crippen molar-refractivity contribution < 1.29 is 4.52 Å². The highest BCUT2D eigenvalue weighted by Gasteiger charge is 2.22. The smallest absolute Gasteiger partial charge is 0.133 e. The highest BCUT2D eigenvalue weighted by atomic mass is 32.2. The zero-order valence-electron chi connectivity index (χ0n) is 12.0. The Bertz CT molecular complexity index is 822. The van der Waals surface area contributed by atoms with Gasteiger partial charge in [0.15, 0.2) is 0 Å². The monoisotopic (exact) mass is 317 g/mol. The summed E-state index contributed by atoms with van der Waals surface area (Å²) < 4.78 is 5.13. The molecule has 1 aliphatic rings. The Balaban J connectivity index is 1.73. The molecule has 0 N–H and O–H groups in total. The summed E-state index contributed by atoms with van der Waals surface area (Å²) in [4.78, 5) is 11.9. The van der Waals surface area contributed by atoms with Crippen molar-refractivity contribution in [2.75, 3.05) is 0 Å². The van der Waals surface area contributed by atoms with Crippen molar-refractivity contribution in [3.8, 4) is 0 Å². The lowest BCUT2D eigenvalue weighted by Crippen LogP contribution is -1.93. The van der Waals surface area contributed by atoms with Crippen molar-refractivity contribution in [3.05, 3.63) is 33.8 Å². The minimum absolute atomic E-state index is 0.785. The minimum Gasteiger partial charge on any atom is -0.361 e. The van der Waals surface area contributed by atoms with Crippen LogP contribution in [0.3, 0.4) is 0 Å². The summed E-state index contributed by atoms with van der Waals surface area (Å²) in [6.07, 6.45) is 3.62. The zero-order chi connectivity index (χ0) is 14.4. The maximum atomic E-state index is 5.13. The molecule has 3 aromatic heterocycles. The molecule has 0 unspecified atom stereocenters. The molecule has 3 aromatic rings. The van der Waals surface area contributed by atoms with E-state index in [-0.39, 0.29) is 0 Å². The Kier molecular flexibility index (Phi) is 3.23. The molecular formula is C15H15N3OS2. The van der Waals surface area contributed by atoms with Gasteiger partial charge in [-0.05, 0) is 38.7 Å². The van der Waals surface area contributed by atoms with Crippen LogP contribution in [0.5, 0.6) is 0 Å². The molecule has 4 rings (SSSR count). The van der Waals surface area contributed by atoms with Gasteiger partial charge in [-0.25, -0.2) is 9.97 Å². The molecule has 0 saturated carbocycles. The lowest BCUT2D eigenvalue weighted by atomic mass is 10.2. The molecule has 108 valence electrons. The second kappa shape index (κ2) is 5.10. The fourth-order valence-electron chi connectivity index (χ4n) is 2.80. The Morgan fingerprint density at radius 2 is 2.19 bits per heavy atom. The average molecular weight is 317 g/mol. The first kappa shape index (κ1) is 13.3. The van der Waals surface area contributed by atoms with E-state index < -0.39 is 0 Å². The third kappa shape index (κ3) is 2.36. The van der Waals surface area contributed by atoms with E-state index in [1.54, 1.807) is 11.8 Å². The molecule has 0 aromatic carbocycles. The van der Waals surface area contributed by atoms with E-state index in [9.17, 15) is 0 Å². The molecule has 1 aliphatic carbocycles. The van der Waals surface area contributed by atoms with Crippen LogP contribution < -0.4 is 0 Å². The predicted molar refractivity (Wildman–Crippen MR) is 85.0 cm³/mol. The Morgan fingerprint density at radius 3 is 3.00 bits per heavy atom. The van der Waals surface area contributed by atoms with E-state index in [4.69, 9.17) is 4.52 Å². The first-order chi connectivity index (χ1) is 10.2. The molecule has 6 heteroatoms. The van der Waals surface area contributed by atoms with Crippen molar-refractivity contribution in [1.29, 1.82) is 0 Å². The molecule has 0 spiro atoms. The van der Waals surface area contributed by atoms with Crippen LogP contribution in [-0.4, -0.2) is 15.1 Å². The van der Waals surface area contributed by atoms with Gasteiger partial charge < -0.3 is 4.52 Å². The van der Waals surface area contributed by atoms with Crippen molar-refractivity contribution in [2.45, 2.75) is 43.9 Å². The number of thiophene rings is 1. The van der Waals surface area contributed by atoms with E-state index in [0.29, 0.717) is 0 Å². The number of fused-ring (bicyclic) bond motifs is 3. The summed E-state index contributed by atoms with van der Waals surface area (Å²) in [6.45, 7) is 3.88. The van der Waals surface area contributed by atoms with Crippen LogP contribution in [0, 0.1) is 13.8 Å². The number of aromatic nitrogens is 3. The number of hydrogen-bond donors (Lipinski definition) is 0. The molecule has 0 amide bonds. The minimum atomic E-state index is 0.785. The van der Waals surface area contributed by atoms with Crippen molar-refractivity contribution >= 4 is 33.3 Å².